The van der Waals surface area contributed by atoms with Gasteiger partial charge in [0, 0.05) is 16.2 Å². The first-order valence-corrected chi connectivity index (χ1v) is 6.93. The van der Waals surface area contributed by atoms with Gasteiger partial charge in [0.2, 0.25) is 0 Å². The van der Waals surface area contributed by atoms with E-state index in [-0.39, 0.29) is 5.91 Å². The standard InChI is InChI=1S/C15H15BrN2O3/c1-20-11-7-9(16)6-10(8-11)18-15(19)12-4-3-5-13(21-2)14(12)17/h3-8H,17H2,1-2H3,(H,18,19). The molecule has 6 heteroatoms. The summed E-state index contributed by atoms with van der Waals surface area (Å²) in [5.41, 5.74) is 7.18. The van der Waals surface area contributed by atoms with Crippen LogP contribution in [-0.4, -0.2) is 20.1 Å². The predicted molar refractivity (Wildman–Crippen MR) is 86.1 cm³/mol. The summed E-state index contributed by atoms with van der Waals surface area (Å²) in [7, 11) is 3.07. The number of amides is 1. The minimum Gasteiger partial charge on any atom is -0.497 e. The summed E-state index contributed by atoms with van der Waals surface area (Å²) < 4.78 is 11.1. The zero-order valence-electron chi connectivity index (χ0n) is 11.6. The Bertz CT molecular complexity index is 674. The van der Waals surface area contributed by atoms with Crippen molar-refractivity contribution in [1.29, 1.82) is 0 Å². The summed E-state index contributed by atoms with van der Waals surface area (Å²) in [6, 6.07) is 10.4. The molecular weight excluding hydrogens is 336 g/mol. The van der Waals surface area contributed by atoms with Gasteiger partial charge < -0.3 is 20.5 Å². The minimum absolute atomic E-state index is 0.305. The van der Waals surface area contributed by atoms with Crippen molar-refractivity contribution in [3.05, 3.63) is 46.4 Å². The smallest absolute Gasteiger partial charge is 0.257 e. The van der Waals surface area contributed by atoms with Gasteiger partial charge in [0.15, 0.2) is 0 Å². The quantitative estimate of drug-likeness (QED) is 0.829. The van der Waals surface area contributed by atoms with E-state index in [1.165, 1.54) is 7.11 Å². The van der Waals surface area contributed by atoms with Crippen LogP contribution in [0.5, 0.6) is 11.5 Å². The molecule has 3 N–H and O–H groups in total. The lowest BCUT2D eigenvalue weighted by molar-refractivity contribution is 0.102. The summed E-state index contributed by atoms with van der Waals surface area (Å²) in [4.78, 5) is 12.3. The fourth-order valence-electron chi connectivity index (χ4n) is 1.87. The van der Waals surface area contributed by atoms with Crippen LogP contribution in [0.4, 0.5) is 11.4 Å². The molecule has 0 heterocycles. The number of anilines is 2. The van der Waals surface area contributed by atoms with Gasteiger partial charge in [-0.05, 0) is 24.3 Å². The average Bonchev–Trinajstić information content (AvgIpc) is 2.46. The normalized spacial score (nSPS) is 10.0. The third kappa shape index (κ3) is 3.46. The van der Waals surface area contributed by atoms with E-state index < -0.39 is 0 Å². The van der Waals surface area contributed by atoms with Crippen LogP contribution >= 0.6 is 15.9 Å². The van der Waals surface area contributed by atoms with E-state index in [4.69, 9.17) is 15.2 Å². The SMILES string of the molecule is COc1cc(Br)cc(NC(=O)c2cccc(OC)c2N)c1. The number of hydrogen-bond donors (Lipinski definition) is 2. The zero-order valence-corrected chi connectivity index (χ0v) is 13.2. The van der Waals surface area contributed by atoms with E-state index in [9.17, 15) is 4.79 Å². The highest BCUT2D eigenvalue weighted by atomic mass is 79.9. The number of methoxy groups -OCH3 is 2. The highest BCUT2D eigenvalue weighted by Gasteiger charge is 2.13. The van der Waals surface area contributed by atoms with Crippen LogP contribution in [0.2, 0.25) is 0 Å². The van der Waals surface area contributed by atoms with E-state index in [1.54, 1.807) is 43.5 Å². The summed E-state index contributed by atoms with van der Waals surface area (Å²) in [5, 5.41) is 2.78. The second kappa shape index (κ2) is 6.49. The Morgan fingerprint density at radius 3 is 2.62 bits per heavy atom. The molecule has 0 radical (unpaired) electrons. The molecule has 2 aromatic carbocycles. The van der Waals surface area contributed by atoms with Gasteiger partial charge in [-0.3, -0.25) is 4.79 Å². The van der Waals surface area contributed by atoms with Crippen LogP contribution < -0.4 is 20.5 Å². The van der Waals surface area contributed by atoms with E-state index >= 15 is 0 Å². The lowest BCUT2D eigenvalue weighted by atomic mass is 10.1. The topological polar surface area (TPSA) is 73.6 Å². The highest BCUT2D eigenvalue weighted by Crippen LogP contribution is 2.27. The van der Waals surface area contributed by atoms with Crippen molar-refractivity contribution in [2.45, 2.75) is 0 Å². The van der Waals surface area contributed by atoms with Gasteiger partial charge in [0.25, 0.3) is 5.91 Å². The molecule has 21 heavy (non-hydrogen) atoms. The Morgan fingerprint density at radius 1 is 1.19 bits per heavy atom. The number of rotatable bonds is 4. The molecule has 2 rings (SSSR count). The van der Waals surface area contributed by atoms with E-state index in [1.807, 2.05) is 0 Å². The van der Waals surface area contributed by atoms with Crippen LogP contribution in [0.1, 0.15) is 10.4 Å². The maximum absolute atomic E-state index is 12.3. The fourth-order valence-corrected chi connectivity index (χ4v) is 2.34. The molecule has 0 saturated heterocycles. The molecule has 0 spiro atoms. The van der Waals surface area contributed by atoms with E-state index in [0.717, 1.165) is 4.47 Å². The molecular formula is C15H15BrN2O3. The lowest BCUT2D eigenvalue weighted by Gasteiger charge is -2.11. The maximum atomic E-state index is 12.3. The van der Waals surface area contributed by atoms with Gasteiger partial charge in [-0.1, -0.05) is 22.0 Å². The Labute approximate surface area is 131 Å². The van der Waals surface area contributed by atoms with Gasteiger partial charge in [-0.25, -0.2) is 0 Å². The van der Waals surface area contributed by atoms with Crippen molar-refractivity contribution in [2.24, 2.45) is 0 Å². The van der Waals surface area contributed by atoms with Gasteiger partial charge in [0.05, 0.1) is 25.5 Å². The second-order valence-corrected chi connectivity index (χ2v) is 5.17. The molecule has 0 bridgehead atoms. The highest BCUT2D eigenvalue weighted by molar-refractivity contribution is 9.10. The number of nitrogens with one attached hydrogen (secondary N) is 1. The number of nitrogen functional groups attached to an aromatic ring is 1. The number of carbonyl (C=O) groups excluding carboxylic acids is 1. The van der Waals surface area contributed by atoms with Gasteiger partial charge >= 0.3 is 0 Å². The maximum Gasteiger partial charge on any atom is 0.257 e. The third-order valence-electron chi connectivity index (χ3n) is 2.90. The Kier molecular flexibility index (Phi) is 4.70. The van der Waals surface area contributed by atoms with Crippen molar-refractivity contribution in [1.82, 2.24) is 0 Å². The summed E-state index contributed by atoms with van der Waals surface area (Å²) in [6.45, 7) is 0. The van der Waals surface area contributed by atoms with Crippen molar-refractivity contribution in [3.63, 3.8) is 0 Å². The number of para-hydroxylation sites is 1. The lowest BCUT2D eigenvalue weighted by Crippen LogP contribution is -2.14. The first-order chi connectivity index (χ1) is 10.0. The van der Waals surface area contributed by atoms with Crippen molar-refractivity contribution >= 4 is 33.2 Å². The third-order valence-corrected chi connectivity index (χ3v) is 3.35. The Balaban J connectivity index is 2.28. The molecule has 2 aromatic rings. The molecule has 1 amide bonds. The zero-order chi connectivity index (χ0) is 15.4. The molecule has 0 aliphatic rings. The Morgan fingerprint density at radius 2 is 1.95 bits per heavy atom. The first-order valence-electron chi connectivity index (χ1n) is 6.13. The summed E-state index contributed by atoms with van der Waals surface area (Å²) in [5.74, 6) is 0.791. The molecule has 0 aliphatic carbocycles. The van der Waals surface area contributed by atoms with Crippen LogP contribution in [0.25, 0.3) is 0 Å². The van der Waals surface area contributed by atoms with Gasteiger partial charge in [-0.15, -0.1) is 0 Å². The summed E-state index contributed by atoms with van der Waals surface area (Å²) >= 11 is 3.36. The van der Waals surface area contributed by atoms with Crippen LogP contribution in [0.15, 0.2) is 40.9 Å². The molecule has 0 atom stereocenters. The molecule has 0 aliphatic heterocycles. The summed E-state index contributed by atoms with van der Waals surface area (Å²) in [6.07, 6.45) is 0. The number of ether oxygens (including phenoxy) is 2. The molecule has 0 saturated carbocycles. The molecule has 0 fully saturated rings. The first kappa shape index (κ1) is 15.2. The average molecular weight is 351 g/mol. The van der Waals surface area contributed by atoms with E-state index in [2.05, 4.69) is 21.2 Å². The molecule has 0 aromatic heterocycles. The van der Waals surface area contributed by atoms with E-state index in [0.29, 0.717) is 28.4 Å². The fraction of sp³-hybridized carbons (Fsp3) is 0.133. The number of benzene rings is 2. The van der Waals surface area contributed by atoms with Crippen molar-refractivity contribution < 1.29 is 14.3 Å². The number of halogens is 1. The minimum atomic E-state index is -0.313. The van der Waals surface area contributed by atoms with Crippen molar-refractivity contribution in [2.75, 3.05) is 25.3 Å². The number of hydrogen-bond acceptors (Lipinski definition) is 4. The largest absolute Gasteiger partial charge is 0.497 e. The van der Waals surface area contributed by atoms with Crippen LogP contribution in [-0.2, 0) is 0 Å². The van der Waals surface area contributed by atoms with Gasteiger partial charge in [0.1, 0.15) is 11.5 Å². The predicted octanol–water partition coefficient (Wildman–Crippen LogP) is 3.30. The Hall–Kier alpha value is -2.21. The second-order valence-electron chi connectivity index (χ2n) is 4.26. The van der Waals surface area contributed by atoms with Crippen molar-refractivity contribution in [3.8, 4) is 11.5 Å². The van der Waals surface area contributed by atoms with Gasteiger partial charge in [-0.2, -0.15) is 0 Å². The molecule has 110 valence electrons. The molecule has 0 unspecified atom stereocenters. The van der Waals surface area contributed by atoms with Crippen LogP contribution in [0.3, 0.4) is 0 Å². The number of carbonyl (C=O) groups is 1. The van der Waals surface area contributed by atoms with Crippen LogP contribution in [0, 0.1) is 0 Å². The molecule has 5 nitrogen and oxygen atoms in total. The number of nitrogens with two attached hydrogens (primary N) is 1. The monoisotopic (exact) mass is 350 g/mol.